The predicted molar refractivity (Wildman–Crippen MR) is 93.6 cm³/mol. The average Bonchev–Trinajstić information content (AvgIpc) is 2.47. The normalized spacial score (nSPS) is 17.6. The lowest BCUT2D eigenvalue weighted by Crippen LogP contribution is -2.48. The molecular formula is C16H19ClFN3OS. The smallest absolute Gasteiger partial charge is 0.253 e. The molecule has 0 spiro atoms. The monoisotopic (exact) mass is 355 g/mol. The molecule has 0 aliphatic carbocycles. The molecule has 1 amide bonds. The lowest BCUT2D eigenvalue weighted by molar-refractivity contribution is -0.127. The Balaban J connectivity index is 2.57. The number of nitrogens with zero attached hydrogens (tertiary/aromatic N) is 1. The van der Waals surface area contributed by atoms with Gasteiger partial charge >= 0.3 is 0 Å². The van der Waals surface area contributed by atoms with E-state index in [2.05, 4.69) is 10.6 Å². The first-order valence-corrected chi connectivity index (χ1v) is 8.20. The van der Waals surface area contributed by atoms with Crippen molar-refractivity contribution in [3.63, 3.8) is 0 Å². The molecule has 7 heteroatoms. The Kier molecular flexibility index (Phi) is 5.59. The van der Waals surface area contributed by atoms with Crippen molar-refractivity contribution in [2.45, 2.75) is 26.8 Å². The summed E-state index contributed by atoms with van der Waals surface area (Å²) >= 11 is 11.3. The third-order valence-electron chi connectivity index (χ3n) is 3.84. The highest BCUT2D eigenvalue weighted by molar-refractivity contribution is 7.80. The number of amides is 1. The summed E-state index contributed by atoms with van der Waals surface area (Å²) in [5.74, 6) is -0.642. The molecule has 0 aromatic heterocycles. The van der Waals surface area contributed by atoms with Crippen molar-refractivity contribution in [2.24, 2.45) is 0 Å². The third kappa shape index (κ3) is 3.48. The summed E-state index contributed by atoms with van der Waals surface area (Å²) < 4.78 is 14.4. The van der Waals surface area contributed by atoms with Crippen LogP contribution in [0, 0.1) is 5.82 Å². The number of carbonyl (C=O) groups excluding carboxylic acids is 1. The lowest BCUT2D eigenvalue weighted by Gasteiger charge is -2.33. The summed E-state index contributed by atoms with van der Waals surface area (Å²) in [6, 6.07) is 3.73. The SMILES string of the molecule is CCN(CC)C(=O)C1=C(C)NC(=S)NC1c1c(F)cccc1Cl. The van der Waals surface area contributed by atoms with Crippen molar-refractivity contribution >= 4 is 34.8 Å². The van der Waals surface area contributed by atoms with Crippen LogP contribution in [0.15, 0.2) is 29.5 Å². The van der Waals surface area contributed by atoms with Crippen molar-refractivity contribution in [3.8, 4) is 0 Å². The molecule has 1 aliphatic heterocycles. The van der Waals surface area contributed by atoms with E-state index in [1.54, 1.807) is 17.9 Å². The van der Waals surface area contributed by atoms with Gasteiger partial charge in [0.15, 0.2) is 5.11 Å². The number of allylic oxidation sites excluding steroid dienone is 1. The van der Waals surface area contributed by atoms with Gasteiger partial charge in [-0.1, -0.05) is 17.7 Å². The van der Waals surface area contributed by atoms with Gasteiger partial charge in [0, 0.05) is 29.4 Å². The van der Waals surface area contributed by atoms with Crippen molar-refractivity contribution in [3.05, 3.63) is 45.9 Å². The Morgan fingerprint density at radius 3 is 2.61 bits per heavy atom. The molecule has 0 bridgehead atoms. The average molecular weight is 356 g/mol. The maximum absolute atomic E-state index is 14.4. The van der Waals surface area contributed by atoms with Gasteiger partial charge in [-0.15, -0.1) is 0 Å². The summed E-state index contributed by atoms with van der Waals surface area (Å²) in [6.07, 6.45) is 0. The highest BCUT2D eigenvalue weighted by Crippen LogP contribution is 2.34. The second kappa shape index (κ2) is 7.27. The first-order valence-electron chi connectivity index (χ1n) is 7.42. The van der Waals surface area contributed by atoms with Crippen LogP contribution in [-0.4, -0.2) is 29.0 Å². The molecule has 0 fully saturated rings. The molecule has 1 aliphatic rings. The number of halogens is 2. The predicted octanol–water partition coefficient (Wildman–Crippen LogP) is 3.14. The van der Waals surface area contributed by atoms with Crippen LogP contribution in [0.3, 0.4) is 0 Å². The van der Waals surface area contributed by atoms with Gasteiger partial charge < -0.3 is 15.5 Å². The van der Waals surface area contributed by atoms with E-state index >= 15 is 0 Å². The van der Waals surface area contributed by atoms with E-state index in [-0.39, 0.29) is 16.5 Å². The maximum atomic E-state index is 14.4. The van der Waals surface area contributed by atoms with Crippen molar-refractivity contribution in [2.75, 3.05) is 13.1 Å². The molecule has 2 rings (SSSR count). The lowest BCUT2D eigenvalue weighted by atomic mass is 9.94. The van der Waals surface area contributed by atoms with Crippen LogP contribution in [0.5, 0.6) is 0 Å². The minimum Gasteiger partial charge on any atom is -0.351 e. The minimum absolute atomic E-state index is 0.167. The van der Waals surface area contributed by atoms with Crippen LogP contribution in [0.2, 0.25) is 5.02 Å². The fraction of sp³-hybridized carbons (Fsp3) is 0.375. The summed E-state index contributed by atoms with van der Waals surface area (Å²) in [4.78, 5) is 14.5. The topological polar surface area (TPSA) is 44.4 Å². The van der Waals surface area contributed by atoms with Crippen LogP contribution in [-0.2, 0) is 4.79 Å². The Morgan fingerprint density at radius 2 is 2.04 bits per heavy atom. The highest BCUT2D eigenvalue weighted by Gasteiger charge is 2.34. The maximum Gasteiger partial charge on any atom is 0.253 e. The van der Waals surface area contributed by atoms with Crippen LogP contribution in [0.1, 0.15) is 32.4 Å². The molecule has 1 aromatic carbocycles. The van der Waals surface area contributed by atoms with Crippen molar-refractivity contribution in [1.29, 1.82) is 0 Å². The molecule has 0 saturated carbocycles. The molecule has 1 unspecified atom stereocenters. The van der Waals surface area contributed by atoms with Crippen LogP contribution in [0.25, 0.3) is 0 Å². The van der Waals surface area contributed by atoms with E-state index in [1.165, 1.54) is 12.1 Å². The molecule has 23 heavy (non-hydrogen) atoms. The largest absolute Gasteiger partial charge is 0.351 e. The van der Waals surface area contributed by atoms with Gasteiger partial charge in [0.1, 0.15) is 5.82 Å². The fourth-order valence-corrected chi connectivity index (χ4v) is 3.20. The van der Waals surface area contributed by atoms with E-state index in [1.807, 2.05) is 13.8 Å². The Labute approximate surface area is 145 Å². The highest BCUT2D eigenvalue weighted by atomic mass is 35.5. The van der Waals surface area contributed by atoms with Gasteiger partial charge in [-0.05, 0) is 45.1 Å². The number of likely N-dealkylation sites (N-methyl/N-ethyl adjacent to an activating group) is 1. The molecule has 1 atom stereocenters. The van der Waals surface area contributed by atoms with Gasteiger partial charge in [0.2, 0.25) is 0 Å². The number of thiocarbonyl (C=S) groups is 1. The van der Waals surface area contributed by atoms with E-state index in [0.29, 0.717) is 29.5 Å². The summed E-state index contributed by atoms with van der Waals surface area (Å²) in [5, 5.41) is 6.50. The first kappa shape index (κ1) is 17.7. The zero-order valence-electron chi connectivity index (χ0n) is 13.2. The van der Waals surface area contributed by atoms with Crippen molar-refractivity contribution in [1.82, 2.24) is 15.5 Å². The van der Waals surface area contributed by atoms with Crippen LogP contribution < -0.4 is 10.6 Å². The number of hydrogen-bond donors (Lipinski definition) is 2. The zero-order chi connectivity index (χ0) is 17.1. The number of hydrogen-bond acceptors (Lipinski definition) is 2. The van der Waals surface area contributed by atoms with Crippen LogP contribution in [0.4, 0.5) is 4.39 Å². The fourth-order valence-electron chi connectivity index (χ4n) is 2.66. The minimum atomic E-state index is -0.717. The molecule has 1 heterocycles. The van der Waals surface area contributed by atoms with Gasteiger partial charge in [0.05, 0.1) is 11.6 Å². The number of benzene rings is 1. The van der Waals surface area contributed by atoms with Gasteiger partial charge in [-0.2, -0.15) is 0 Å². The molecule has 124 valence electrons. The standard InChI is InChI=1S/C16H19ClFN3OS/c1-4-21(5-2)15(22)12-9(3)19-16(23)20-14(12)13-10(17)7-6-8-11(13)18/h6-8,14H,4-5H2,1-3H3,(H2,19,20,23). The van der Waals surface area contributed by atoms with Gasteiger partial charge in [0.25, 0.3) is 5.91 Å². The Morgan fingerprint density at radius 1 is 1.39 bits per heavy atom. The summed E-state index contributed by atoms with van der Waals surface area (Å²) in [7, 11) is 0. The third-order valence-corrected chi connectivity index (χ3v) is 4.39. The van der Waals surface area contributed by atoms with E-state index in [9.17, 15) is 9.18 Å². The molecule has 0 radical (unpaired) electrons. The Bertz CT molecular complexity index is 653. The van der Waals surface area contributed by atoms with Crippen LogP contribution >= 0.6 is 23.8 Å². The van der Waals surface area contributed by atoms with Crippen molar-refractivity contribution < 1.29 is 9.18 Å². The first-order chi connectivity index (χ1) is 10.9. The van der Waals surface area contributed by atoms with E-state index < -0.39 is 11.9 Å². The van der Waals surface area contributed by atoms with E-state index in [0.717, 1.165) is 0 Å². The second-order valence-corrected chi connectivity index (χ2v) is 6.00. The van der Waals surface area contributed by atoms with E-state index in [4.69, 9.17) is 23.8 Å². The molecule has 1 aromatic rings. The number of rotatable bonds is 4. The number of carbonyl (C=O) groups is 1. The Hall–Kier alpha value is -1.66. The second-order valence-electron chi connectivity index (χ2n) is 5.18. The molecular weight excluding hydrogens is 337 g/mol. The summed E-state index contributed by atoms with van der Waals surface area (Å²) in [5.41, 5.74) is 1.26. The quantitative estimate of drug-likeness (QED) is 0.814. The van der Waals surface area contributed by atoms with Gasteiger partial charge in [-0.3, -0.25) is 4.79 Å². The molecule has 4 nitrogen and oxygen atoms in total. The summed E-state index contributed by atoms with van der Waals surface area (Å²) in [6.45, 7) is 6.68. The van der Waals surface area contributed by atoms with Gasteiger partial charge in [-0.25, -0.2) is 4.39 Å². The zero-order valence-corrected chi connectivity index (χ0v) is 14.8. The molecule has 2 N–H and O–H groups in total. The molecule has 0 saturated heterocycles. The number of nitrogens with one attached hydrogen (secondary N) is 2.